The fraction of sp³-hybridized carbons (Fsp3) is 0.500. The van der Waals surface area contributed by atoms with Crippen molar-refractivity contribution in [1.82, 2.24) is 14.9 Å². The molecule has 2 heterocycles. The summed E-state index contributed by atoms with van der Waals surface area (Å²) in [4.78, 5) is 33.4. The van der Waals surface area contributed by atoms with E-state index >= 15 is 0 Å². The van der Waals surface area contributed by atoms with Gasteiger partial charge >= 0.3 is 5.69 Å². The number of nitrogens with one attached hydrogen (secondary N) is 1. The Balaban J connectivity index is 2.46. The molecule has 20 heavy (non-hydrogen) atoms. The van der Waals surface area contributed by atoms with Gasteiger partial charge in [0, 0.05) is 20.1 Å². The van der Waals surface area contributed by atoms with Crippen LogP contribution in [0.4, 0.5) is 17.5 Å². The Kier molecular flexibility index (Phi) is 3.66. The number of amides is 1. The number of hydrogen-bond acceptors (Lipinski definition) is 8. The third-order valence-corrected chi connectivity index (χ3v) is 3.11. The average molecular weight is 281 g/mol. The molecule has 3 N–H and O–H groups in total. The Morgan fingerprint density at radius 1 is 1.40 bits per heavy atom. The molecule has 1 aliphatic heterocycles. The maximum atomic E-state index is 11.7. The average Bonchev–Trinajstić information content (AvgIpc) is 2.40. The SMILES string of the molecule is Cc1nc(NN)nc(N2CCN(C)C(=O)C2)c1[N+](=O)[O-]. The second kappa shape index (κ2) is 5.25. The number of nitrogen functional groups attached to an aromatic ring is 1. The summed E-state index contributed by atoms with van der Waals surface area (Å²) in [7, 11) is 1.69. The van der Waals surface area contributed by atoms with Crippen LogP contribution in [0, 0.1) is 17.0 Å². The first-order valence-corrected chi connectivity index (χ1v) is 5.92. The number of aryl methyl sites for hydroxylation is 1. The van der Waals surface area contributed by atoms with E-state index in [9.17, 15) is 14.9 Å². The van der Waals surface area contributed by atoms with E-state index in [0.29, 0.717) is 13.1 Å². The molecule has 1 aromatic rings. The van der Waals surface area contributed by atoms with Gasteiger partial charge in [0.1, 0.15) is 5.69 Å². The number of anilines is 2. The van der Waals surface area contributed by atoms with Crippen LogP contribution in [-0.2, 0) is 4.79 Å². The van der Waals surface area contributed by atoms with E-state index in [1.54, 1.807) is 16.8 Å². The molecule has 10 heteroatoms. The molecular formula is C10H15N7O3. The van der Waals surface area contributed by atoms with Gasteiger partial charge in [-0.05, 0) is 6.92 Å². The van der Waals surface area contributed by atoms with Crippen LogP contribution in [-0.4, -0.2) is 52.4 Å². The molecule has 0 bridgehead atoms. The topological polar surface area (TPSA) is 131 Å². The van der Waals surface area contributed by atoms with Gasteiger partial charge in [0.25, 0.3) is 0 Å². The van der Waals surface area contributed by atoms with Gasteiger partial charge in [0.05, 0.1) is 11.5 Å². The van der Waals surface area contributed by atoms with E-state index in [0.717, 1.165) is 0 Å². The van der Waals surface area contributed by atoms with E-state index in [4.69, 9.17) is 5.84 Å². The highest BCUT2D eigenvalue weighted by Crippen LogP contribution is 2.30. The maximum Gasteiger partial charge on any atom is 0.332 e. The van der Waals surface area contributed by atoms with Gasteiger partial charge in [-0.3, -0.25) is 20.3 Å². The highest BCUT2D eigenvalue weighted by atomic mass is 16.6. The second-order valence-electron chi connectivity index (χ2n) is 4.44. The van der Waals surface area contributed by atoms with Crippen LogP contribution >= 0.6 is 0 Å². The largest absolute Gasteiger partial charge is 0.342 e. The lowest BCUT2D eigenvalue weighted by molar-refractivity contribution is -0.385. The summed E-state index contributed by atoms with van der Waals surface area (Å²) in [6.07, 6.45) is 0. The van der Waals surface area contributed by atoms with E-state index in [-0.39, 0.29) is 35.6 Å². The number of carbonyl (C=O) groups excluding carboxylic acids is 1. The Hall–Kier alpha value is -2.49. The predicted molar refractivity (Wildman–Crippen MR) is 71.1 cm³/mol. The van der Waals surface area contributed by atoms with Crippen LogP contribution in [0.3, 0.4) is 0 Å². The molecule has 0 aromatic carbocycles. The van der Waals surface area contributed by atoms with Crippen molar-refractivity contribution >= 4 is 23.4 Å². The predicted octanol–water partition coefficient (Wildman–Crippen LogP) is -0.743. The molecule has 0 atom stereocenters. The molecule has 1 aliphatic rings. The summed E-state index contributed by atoms with van der Waals surface area (Å²) in [6.45, 7) is 2.48. The molecule has 1 aromatic heterocycles. The number of piperazine rings is 1. The zero-order valence-corrected chi connectivity index (χ0v) is 11.2. The molecule has 1 saturated heterocycles. The fourth-order valence-corrected chi connectivity index (χ4v) is 1.99. The molecule has 0 saturated carbocycles. The van der Waals surface area contributed by atoms with Crippen LogP contribution in [0.5, 0.6) is 0 Å². The maximum absolute atomic E-state index is 11.7. The van der Waals surface area contributed by atoms with E-state index in [2.05, 4.69) is 15.4 Å². The van der Waals surface area contributed by atoms with Gasteiger partial charge in [-0.1, -0.05) is 0 Å². The molecule has 0 aliphatic carbocycles. The molecule has 0 radical (unpaired) electrons. The van der Waals surface area contributed by atoms with E-state index in [1.165, 1.54) is 6.92 Å². The normalized spacial score (nSPS) is 15.4. The second-order valence-corrected chi connectivity index (χ2v) is 4.44. The van der Waals surface area contributed by atoms with Crippen molar-refractivity contribution in [2.45, 2.75) is 6.92 Å². The zero-order valence-electron chi connectivity index (χ0n) is 11.2. The summed E-state index contributed by atoms with van der Waals surface area (Å²) < 4.78 is 0. The van der Waals surface area contributed by atoms with Crippen molar-refractivity contribution < 1.29 is 9.72 Å². The number of likely N-dealkylation sites (N-methyl/N-ethyl adjacent to an activating group) is 1. The number of hydrazine groups is 1. The quantitative estimate of drug-likeness (QED) is 0.420. The van der Waals surface area contributed by atoms with Crippen molar-refractivity contribution in [3.63, 3.8) is 0 Å². The standard InChI is InChI=1S/C10H15N7O3/c1-6-8(17(19)20)9(13-10(12-6)14-11)16-4-3-15(2)7(18)5-16/h3-5,11H2,1-2H3,(H,12,13,14). The monoisotopic (exact) mass is 281 g/mol. The Labute approximate surface area is 114 Å². The van der Waals surface area contributed by atoms with Gasteiger partial charge in [-0.2, -0.15) is 4.98 Å². The van der Waals surface area contributed by atoms with E-state index < -0.39 is 4.92 Å². The van der Waals surface area contributed by atoms with Crippen molar-refractivity contribution in [1.29, 1.82) is 0 Å². The van der Waals surface area contributed by atoms with Gasteiger partial charge in [0.2, 0.25) is 17.7 Å². The van der Waals surface area contributed by atoms with Crippen molar-refractivity contribution in [2.75, 3.05) is 37.0 Å². The first kappa shape index (κ1) is 13.9. The number of hydrogen-bond donors (Lipinski definition) is 2. The van der Waals surface area contributed by atoms with Crippen molar-refractivity contribution in [2.24, 2.45) is 5.84 Å². The summed E-state index contributed by atoms with van der Waals surface area (Å²) in [6, 6.07) is 0. The van der Waals surface area contributed by atoms with Crippen molar-refractivity contribution in [3.05, 3.63) is 15.8 Å². The summed E-state index contributed by atoms with van der Waals surface area (Å²) >= 11 is 0. The minimum absolute atomic E-state index is 0.0395. The number of rotatable bonds is 3. The molecule has 0 spiro atoms. The first-order valence-electron chi connectivity index (χ1n) is 5.92. The molecular weight excluding hydrogens is 266 g/mol. The number of aromatic nitrogens is 2. The number of nitrogens with two attached hydrogens (primary N) is 1. The van der Waals surface area contributed by atoms with Gasteiger partial charge in [0.15, 0.2) is 0 Å². The summed E-state index contributed by atoms with van der Waals surface area (Å²) in [5, 5.41) is 11.2. The van der Waals surface area contributed by atoms with Crippen LogP contribution in [0.25, 0.3) is 0 Å². The Morgan fingerprint density at radius 3 is 2.65 bits per heavy atom. The number of nitrogens with zero attached hydrogens (tertiary/aromatic N) is 5. The smallest absolute Gasteiger partial charge is 0.332 e. The summed E-state index contributed by atoms with van der Waals surface area (Å²) in [5.41, 5.74) is 2.25. The molecule has 108 valence electrons. The van der Waals surface area contributed by atoms with E-state index in [1.807, 2.05) is 0 Å². The third kappa shape index (κ3) is 2.45. The molecule has 10 nitrogen and oxygen atoms in total. The zero-order chi connectivity index (χ0) is 14.9. The highest BCUT2D eigenvalue weighted by molar-refractivity contribution is 5.83. The number of nitro groups is 1. The lowest BCUT2D eigenvalue weighted by Gasteiger charge is -2.32. The molecule has 1 fully saturated rings. The Bertz CT molecular complexity index is 562. The van der Waals surface area contributed by atoms with Crippen LogP contribution in [0.1, 0.15) is 5.69 Å². The van der Waals surface area contributed by atoms with Gasteiger partial charge in [-0.25, -0.2) is 10.8 Å². The first-order chi connectivity index (χ1) is 9.43. The lowest BCUT2D eigenvalue weighted by Crippen LogP contribution is -2.49. The minimum atomic E-state index is -0.548. The lowest BCUT2D eigenvalue weighted by atomic mass is 10.2. The molecule has 2 rings (SSSR count). The Morgan fingerprint density at radius 2 is 2.10 bits per heavy atom. The van der Waals surface area contributed by atoms with Crippen LogP contribution in [0.2, 0.25) is 0 Å². The third-order valence-electron chi connectivity index (χ3n) is 3.11. The van der Waals surface area contributed by atoms with Crippen LogP contribution in [0.15, 0.2) is 0 Å². The number of carbonyl (C=O) groups is 1. The van der Waals surface area contributed by atoms with Gasteiger partial charge < -0.3 is 9.80 Å². The van der Waals surface area contributed by atoms with Crippen molar-refractivity contribution in [3.8, 4) is 0 Å². The minimum Gasteiger partial charge on any atom is -0.342 e. The van der Waals surface area contributed by atoms with Gasteiger partial charge in [-0.15, -0.1) is 0 Å². The fourth-order valence-electron chi connectivity index (χ4n) is 1.99. The summed E-state index contributed by atoms with van der Waals surface area (Å²) in [5.74, 6) is 5.32. The molecule has 1 amide bonds. The van der Waals surface area contributed by atoms with Crippen LogP contribution < -0.4 is 16.2 Å². The highest BCUT2D eigenvalue weighted by Gasteiger charge is 2.30. The molecule has 0 unspecified atom stereocenters.